The van der Waals surface area contributed by atoms with Crippen LogP contribution in [0.5, 0.6) is 0 Å². The van der Waals surface area contributed by atoms with Gasteiger partial charge in [0.05, 0.1) is 5.02 Å². The average molecular weight is 390 g/mol. The summed E-state index contributed by atoms with van der Waals surface area (Å²) in [7, 11) is 0. The molecule has 0 fully saturated rings. The highest BCUT2D eigenvalue weighted by Crippen LogP contribution is 2.37. The quantitative estimate of drug-likeness (QED) is 0.633. The number of aromatic amines is 1. The summed E-state index contributed by atoms with van der Waals surface area (Å²) in [6.45, 7) is 1.78. The van der Waals surface area contributed by atoms with Gasteiger partial charge in [-0.25, -0.2) is 4.98 Å². The van der Waals surface area contributed by atoms with Crippen LogP contribution in [-0.2, 0) is 0 Å². The Labute approximate surface area is 158 Å². The van der Waals surface area contributed by atoms with E-state index in [0.717, 1.165) is 0 Å². The summed E-state index contributed by atoms with van der Waals surface area (Å²) in [4.78, 5) is 28.1. The topological polar surface area (TPSA) is 114 Å². The number of hydrogen-bond donors (Lipinski definition) is 3. The van der Waals surface area contributed by atoms with Gasteiger partial charge in [-0.3, -0.25) is 14.7 Å². The summed E-state index contributed by atoms with van der Waals surface area (Å²) < 4.78 is 0. The fourth-order valence-electron chi connectivity index (χ4n) is 2.58. The lowest BCUT2D eigenvalue weighted by molar-refractivity contribution is 0.0997. The average Bonchev–Trinajstić information content (AvgIpc) is 3.11. The van der Waals surface area contributed by atoms with Crippen LogP contribution in [-0.4, -0.2) is 27.0 Å². The molecule has 132 valence electrons. The largest absolute Gasteiger partial charge is 0.366 e. The summed E-state index contributed by atoms with van der Waals surface area (Å²) in [5.41, 5.74) is 7.73. The number of amides is 2. The molecule has 0 unspecified atom stereocenters. The molecule has 0 aliphatic heterocycles. The molecular formula is C17H13Cl2N5O2. The molecule has 2 heterocycles. The number of anilines is 1. The smallest absolute Gasteiger partial charge is 0.274 e. The van der Waals surface area contributed by atoms with Crippen LogP contribution in [0.25, 0.3) is 11.1 Å². The Hall–Kier alpha value is -2.90. The van der Waals surface area contributed by atoms with Crippen molar-refractivity contribution < 1.29 is 9.59 Å². The van der Waals surface area contributed by atoms with E-state index in [2.05, 4.69) is 20.5 Å². The van der Waals surface area contributed by atoms with Crippen molar-refractivity contribution in [3.8, 4) is 11.1 Å². The second kappa shape index (κ2) is 7.15. The third-order valence-corrected chi connectivity index (χ3v) is 4.30. The summed E-state index contributed by atoms with van der Waals surface area (Å²) in [5.74, 6) is -0.938. The van der Waals surface area contributed by atoms with Crippen molar-refractivity contribution in [2.24, 2.45) is 5.73 Å². The number of nitrogens with zero attached hydrogens (tertiary/aromatic N) is 2. The van der Waals surface area contributed by atoms with Gasteiger partial charge in [-0.2, -0.15) is 5.10 Å². The minimum absolute atomic E-state index is 0.147. The first-order chi connectivity index (χ1) is 12.4. The van der Waals surface area contributed by atoms with E-state index in [1.807, 2.05) is 0 Å². The van der Waals surface area contributed by atoms with Crippen LogP contribution in [0.2, 0.25) is 10.0 Å². The molecule has 0 saturated heterocycles. The van der Waals surface area contributed by atoms with Crippen molar-refractivity contribution in [2.75, 3.05) is 5.32 Å². The Bertz CT molecular complexity index is 1000. The molecule has 0 aliphatic carbocycles. The van der Waals surface area contributed by atoms with Crippen LogP contribution < -0.4 is 11.1 Å². The zero-order chi connectivity index (χ0) is 18.8. The fourth-order valence-corrected chi connectivity index (χ4v) is 3.10. The van der Waals surface area contributed by atoms with Gasteiger partial charge in [0.15, 0.2) is 5.82 Å². The molecule has 9 heteroatoms. The molecule has 4 N–H and O–H groups in total. The van der Waals surface area contributed by atoms with Gasteiger partial charge in [0.2, 0.25) is 5.91 Å². The normalized spacial score (nSPS) is 10.6. The lowest BCUT2D eigenvalue weighted by Crippen LogP contribution is -2.15. The number of halogens is 2. The molecule has 0 spiro atoms. The first-order valence-corrected chi connectivity index (χ1v) is 8.19. The molecular weight excluding hydrogens is 377 g/mol. The fraction of sp³-hybridized carbons (Fsp3) is 0.0588. The van der Waals surface area contributed by atoms with E-state index in [-0.39, 0.29) is 22.1 Å². The predicted molar refractivity (Wildman–Crippen MR) is 99.5 cm³/mol. The van der Waals surface area contributed by atoms with Gasteiger partial charge < -0.3 is 11.1 Å². The highest BCUT2D eigenvalue weighted by atomic mass is 35.5. The van der Waals surface area contributed by atoms with Crippen LogP contribution in [0.3, 0.4) is 0 Å². The second-order valence-corrected chi connectivity index (χ2v) is 6.27. The summed E-state index contributed by atoms with van der Waals surface area (Å²) >= 11 is 12.5. The van der Waals surface area contributed by atoms with Gasteiger partial charge in [-0.1, -0.05) is 23.2 Å². The lowest BCUT2D eigenvalue weighted by Gasteiger charge is -2.15. The van der Waals surface area contributed by atoms with E-state index in [1.165, 1.54) is 24.5 Å². The zero-order valence-corrected chi connectivity index (χ0v) is 15.0. The molecule has 0 aliphatic rings. The number of aryl methyl sites for hydroxylation is 1. The number of carbonyl (C=O) groups is 2. The first-order valence-electron chi connectivity index (χ1n) is 7.44. The number of hydrogen-bond acceptors (Lipinski definition) is 4. The molecule has 0 atom stereocenters. The highest BCUT2D eigenvalue weighted by Gasteiger charge is 2.20. The number of nitrogens with one attached hydrogen (secondary N) is 2. The SMILES string of the molecule is Cc1cc(Cl)cc(C(N)=O)c1-c1ccnc(NC(=O)c2ccn[nH]2)c1Cl. The van der Waals surface area contributed by atoms with Crippen LogP contribution in [0.4, 0.5) is 5.82 Å². The monoisotopic (exact) mass is 389 g/mol. The molecule has 3 rings (SSSR count). The van der Waals surface area contributed by atoms with Crippen molar-refractivity contribution >= 4 is 40.8 Å². The van der Waals surface area contributed by atoms with Crippen LogP contribution in [0.1, 0.15) is 26.4 Å². The molecule has 2 aromatic heterocycles. The number of primary amides is 1. The third kappa shape index (κ3) is 3.40. The van der Waals surface area contributed by atoms with Crippen LogP contribution >= 0.6 is 23.2 Å². The van der Waals surface area contributed by atoms with Gasteiger partial charge in [0.25, 0.3) is 5.91 Å². The maximum absolute atomic E-state index is 12.2. The Morgan fingerprint density at radius 2 is 1.96 bits per heavy atom. The minimum atomic E-state index is -0.637. The van der Waals surface area contributed by atoms with E-state index in [9.17, 15) is 9.59 Å². The lowest BCUT2D eigenvalue weighted by atomic mass is 9.95. The molecule has 3 aromatic rings. The maximum atomic E-state index is 12.2. The number of H-pyrrole nitrogens is 1. The Balaban J connectivity index is 2.08. The van der Waals surface area contributed by atoms with Gasteiger partial charge in [-0.15, -0.1) is 0 Å². The van der Waals surface area contributed by atoms with Gasteiger partial charge in [0.1, 0.15) is 5.69 Å². The Kier molecular flexibility index (Phi) is 4.92. The highest BCUT2D eigenvalue weighted by molar-refractivity contribution is 6.36. The van der Waals surface area contributed by atoms with Gasteiger partial charge in [0, 0.05) is 28.5 Å². The Morgan fingerprint density at radius 3 is 2.62 bits per heavy atom. The number of aromatic nitrogens is 3. The predicted octanol–water partition coefficient (Wildman–Crippen LogP) is 3.44. The van der Waals surface area contributed by atoms with Gasteiger partial charge in [-0.05, 0) is 42.3 Å². The van der Waals surface area contributed by atoms with Gasteiger partial charge >= 0.3 is 0 Å². The molecule has 0 bridgehead atoms. The van der Waals surface area contributed by atoms with E-state index in [0.29, 0.717) is 21.7 Å². The Morgan fingerprint density at radius 1 is 1.19 bits per heavy atom. The van der Waals surface area contributed by atoms with E-state index >= 15 is 0 Å². The number of rotatable bonds is 4. The number of benzene rings is 1. The molecule has 7 nitrogen and oxygen atoms in total. The van der Waals surface area contributed by atoms with E-state index in [4.69, 9.17) is 28.9 Å². The maximum Gasteiger partial charge on any atom is 0.274 e. The summed E-state index contributed by atoms with van der Waals surface area (Å²) in [6.07, 6.45) is 2.93. The minimum Gasteiger partial charge on any atom is -0.366 e. The van der Waals surface area contributed by atoms with E-state index in [1.54, 1.807) is 19.1 Å². The first kappa shape index (κ1) is 17.9. The number of carbonyl (C=O) groups excluding carboxylic acids is 2. The molecule has 0 radical (unpaired) electrons. The van der Waals surface area contributed by atoms with Crippen LogP contribution in [0.15, 0.2) is 36.7 Å². The van der Waals surface area contributed by atoms with Crippen molar-refractivity contribution in [3.63, 3.8) is 0 Å². The molecule has 2 amide bonds. The standard InChI is InChI=1S/C17H13Cl2N5O2/c1-8-6-9(18)7-11(15(20)25)13(8)10-2-4-21-16(14(10)19)23-17(26)12-3-5-22-24-12/h2-7H,1H3,(H2,20,25)(H,22,24)(H,21,23,26). The molecule has 0 saturated carbocycles. The third-order valence-electron chi connectivity index (χ3n) is 3.70. The van der Waals surface area contributed by atoms with Crippen LogP contribution in [0, 0.1) is 6.92 Å². The van der Waals surface area contributed by atoms with E-state index < -0.39 is 11.8 Å². The number of pyridine rings is 1. The van der Waals surface area contributed by atoms with Crippen molar-refractivity contribution in [2.45, 2.75) is 6.92 Å². The van der Waals surface area contributed by atoms with Crippen molar-refractivity contribution in [1.29, 1.82) is 0 Å². The number of nitrogens with two attached hydrogens (primary N) is 1. The summed E-state index contributed by atoms with van der Waals surface area (Å²) in [5, 5.41) is 9.44. The molecule has 1 aromatic carbocycles. The van der Waals surface area contributed by atoms with Crippen molar-refractivity contribution in [3.05, 3.63) is 63.5 Å². The second-order valence-electron chi connectivity index (χ2n) is 5.46. The summed E-state index contributed by atoms with van der Waals surface area (Å²) in [6, 6.07) is 6.33. The van der Waals surface area contributed by atoms with Crippen molar-refractivity contribution in [1.82, 2.24) is 15.2 Å². The zero-order valence-electron chi connectivity index (χ0n) is 13.5. The molecule has 26 heavy (non-hydrogen) atoms.